The molecular formula is C23H31FN4O5S. The van der Waals surface area contributed by atoms with Crippen LogP contribution in [-0.2, 0) is 14.6 Å². The van der Waals surface area contributed by atoms with Crippen molar-refractivity contribution < 1.29 is 27.1 Å². The Morgan fingerprint density at radius 1 is 1.26 bits per heavy atom. The van der Waals surface area contributed by atoms with Crippen molar-refractivity contribution in [1.82, 2.24) is 14.9 Å². The maximum Gasteiger partial charge on any atom is 0.229 e. The van der Waals surface area contributed by atoms with Crippen molar-refractivity contribution in [3.05, 3.63) is 35.9 Å². The lowest BCUT2D eigenvalue weighted by Gasteiger charge is -2.34. The van der Waals surface area contributed by atoms with E-state index in [4.69, 9.17) is 15.2 Å². The van der Waals surface area contributed by atoms with Gasteiger partial charge in [-0.25, -0.2) is 22.8 Å². The van der Waals surface area contributed by atoms with Gasteiger partial charge in [-0.15, -0.1) is 0 Å². The Bertz CT molecular complexity index is 1140. The number of ketones is 1. The molecule has 2 aromatic rings. The third-order valence-electron chi connectivity index (χ3n) is 5.97. The molecule has 1 aromatic carbocycles. The normalized spacial score (nSPS) is 17.2. The molecule has 2 atom stereocenters. The topological polar surface area (TPSA) is 125 Å². The van der Waals surface area contributed by atoms with E-state index >= 15 is 0 Å². The summed E-state index contributed by atoms with van der Waals surface area (Å²) in [5.41, 5.74) is 6.46. The van der Waals surface area contributed by atoms with Crippen molar-refractivity contribution in [2.24, 2.45) is 11.7 Å². The van der Waals surface area contributed by atoms with Crippen LogP contribution in [0.15, 0.2) is 29.4 Å². The monoisotopic (exact) mass is 494 g/mol. The summed E-state index contributed by atoms with van der Waals surface area (Å²) >= 11 is 0. The molecule has 3 rings (SSSR count). The molecule has 1 aromatic heterocycles. The molecule has 0 spiro atoms. The summed E-state index contributed by atoms with van der Waals surface area (Å²) in [5.74, 6) is -0.412. The van der Waals surface area contributed by atoms with Gasteiger partial charge in [0, 0.05) is 25.9 Å². The zero-order chi connectivity index (χ0) is 25.0. The van der Waals surface area contributed by atoms with Gasteiger partial charge in [0.25, 0.3) is 0 Å². The molecule has 1 aliphatic rings. The number of nitrogens with zero attached hydrogens (tertiary/aromatic N) is 3. The van der Waals surface area contributed by atoms with Gasteiger partial charge in [0.2, 0.25) is 11.8 Å². The Morgan fingerprint density at radius 3 is 2.50 bits per heavy atom. The number of carbonyl (C=O) groups excluding carboxylic acids is 1. The third kappa shape index (κ3) is 6.49. The lowest BCUT2D eigenvalue weighted by atomic mass is 9.97. The molecule has 0 radical (unpaired) electrons. The number of benzene rings is 1. The van der Waals surface area contributed by atoms with Crippen molar-refractivity contribution >= 4 is 15.6 Å². The van der Waals surface area contributed by atoms with E-state index < -0.39 is 21.7 Å². The summed E-state index contributed by atoms with van der Waals surface area (Å²) in [5, 5.41) is 0. The maximum atomic E-state index is 14.4. The van der Waals surface area contributed by atoms with Gasteiger partial charge in [-0.3, -0.25) is 4.79 Å². The Balaban J connectivity index is 1.61. The largest absolute Gasteiger partial charge is 0.474 e. The number of halogens is 1. The number of nitrogens with two attached hydrogens (primary N) is 1. The molecule has 0 aliphatic carbocycles. The van der Waals surface area contributed by atoms with Gasteiger partial charge in [-0.05, 0) is 50.8 Å². The number of ether oxygens (including phenoxy) is 2. The Labute approximate surface area is 199 Å². The van der Waals surface area contributed by atoms with E-state index in [2.05, 4.69) is 14.9 Å². The first-order valence-electron chi connectivity index (χ1n) is 11.1. The highest BCUT2D eigenvalue weighted by molar-refractivity contribution is 7.90. The van der Waals surface area contributed by atoms with Crippen LogP contribution in [0.5, 0.6) is 17.5 Å². The first-order chi connectivity index (χ1) is 16.0. The van der Waals surface area contributed by atoms with Crippen LogP contribution >= 0.6 is 0 Å². The molecule has 1 fully saturated rings. The maximum absolute atomic E-state index is 14.4. The van der Waals surface area contributed by atoms with E-state index in [9.17, 15) is 17.6 Å². The summed E-state index contributed by atoms with van der Waals surface area (Å²) in [4.78, 5) is 21.9. The van der Waals surface area contributed by atoms with Crippen LogP contribution in [0, 0.1) is 18.7 Å². The minimum atomic E-state index is -3.53. The van der Waals surface area contributed by atoms with E-state index in [1.807, 2.05) is 6.92 Å². The third-order valence-corrected chi connectivity index (χ3v) is 7.08. The van der Waals surface area contributed by atoms with Gasteiger partial charge in [0.05, 0.1) is 16.5 Å². The smallest absolute Gasteiger partial charge is 0.229 e. The number of aromatic nitrogens is 2. The summed E-state index contributed by atoms with van der Waals surface area (Å²) in [7, 11) is -3.53. The van der Waals surface area contributed by atoms with Crippen LogP contribution < -0.4 is 15.2 Å². The molecule has 2 N–H and O–H groups in total. The first kappa shape index (κ1) is 26.0. The second-order valence-electron chi connectivity index (χ2n) is 8.81. The molecule has 0 saturated carbocycles. The summed E-state index contributed by atoms with van der Waals surface area (Å²) in [6, 6.07) is 2.99. The van der Waals surface area contributed by atoms with Gasteiger partial charge < -0.3 is 20.1 Å². The van der Waals surface area contributed by atoms with Crippen molar-refractivity contribution in [2.45, 2.75) is 50.7 Å². The molecule has 2 unspecified atom stereocenters. The fourth-order valence-electron chi connectivity index (χ4n) is 3.83. The predicted molar refractivity (Wildman–Crippen MR) is 124 cm³/mol. The van der Waals surface area contributed by atoms with Crippen LogP contribution in [0.3, 0.4) is 0 Å². The predicted octanol–water partition coefficient (Wildman–Crippen LogP) is 2.52. The molecule has 11 heteroatoms. The molecular weight excluding hydrogens is 463 g/mol. The number of carbonyl (C=O) groups is 1. The molecule has 1 saturated heterocycles. The number of hydrogen-bond donors (Lipinski definition) is 1. The zero-order valence-electron chi connectivity index (χ0n) is 19.8. The fraction of sp³-hybridized carbons (Fsp3) is 0.522. The highest BCUT2D eigenvalue weighted by Crippen LogP contribution is 2.31. The van der Waals surface area contributed by atoms with Crippen LogP contribution in [0.1, 0.15) is 32.3 Å². The SMILES string of the molecule is CC(=O)C(N)C(C)CN1CCC(Oc2ncnc(Oc3ccc(S(C)(=O)=O)cc3F)c2C)CC1. The van der Waals surface area contributed by atoms with Crippen molar-refractivity contribution in [2.75, 3.05) is 25.9 Å². The van der Waals surface area contributed by atoms with Crippen LogP contribution in [0.4, 0.5) is 4.39 Å². The van der Waals surface area contributed by atoms with Gasteiger partial charge >= 0.3 is 0 Å². The molecule has 1 aliphatic heterocycles. The molecule has 186 valence electrons. The van der Waals surface area contributed by atoms with E-state index in [1.165, 1.54) is 25.4 Å². The summed E-state index contributed by atoms with van der Waals surface area (Å²) in [6.45, 7) is 7.59. The van der Waals surface area contributed by atoms with Crippen LogP contribution in [0.25, 0.3) is 0 Å². The lowest BCUT2D eigenvalue weighted by Crippen LogP contribution is -2.45. The molecule has 2 heterocycles. The van der Waals surface area contributed by atoms with Crippen molar-refractivity contribution in [1.29, 1.82) is 0 Å². The summed E-state index contributed by atoms with van der Waals surface area (Å²) < 4.78 is 49.3. The molecule has 0 bridgehead atoms. The van der Waals surface area contributed by atoms with Gasteiger partial charge in [0.1, 0.15) is 18.2 Å². The highest BCUT2D eigenvalue weighted by Gasteiger charge is 2.26. The zero-order valence-corrected chi connectivity index (χ0v) is 20.6. The van der Waals surface area contributed by atoms with Crippen LogP contribution in [-0.4, -0.2) is 67.1 Å². The second-order valence-corrected chi connectivity index (χ2v) is 10.8. The molecule has 34 heavy (non-hydrogen) atoms. The standard InChI is InChI=1S/C23H31FN4O5S/c1-14(21(25)16(3)29)12-28-9-7-17(8-10-28)32-22-15(2)23(27-13-26-22)33-20-6-5-18(11-19(20)24)34(4,30)31/h5-6,11,13-14,17,21H,7-10,12,25H2,1-4H3. The first-order valence-corrected chi connectivity index (χ1v) is 13.0. The molecule has 0 amide bonds. The number of sulfone groups is 1. The average molecular weight is 495 g/mol. The Hall–Kier alpha value is -2.63. The fourth-order valence-corrected chi connectivity index (χ4v) is 4.46. The van der Waals surface area contributed by atoms with E-state index in [0.29, 0.717) is 11.4 Å². The molecule has 9 nitrogen and oxygen atoms in total. The van der Waals surface area contributed by atoms with E-state index in [-0.39, 0.29) is 34.3 Å². The van der Waals surface area contributed by atoms with E-state index in [0.717, 1.165) is 44.8 Å². The highest BCUT2D eigenvalue weighted by atomic mass is 32.2. The lowest BCUT2D eigenvalue weighted by molar-refractivity contribution is -0.119. The van der Waals surface area contributed by atoms with E-state index in [1.54, 1.807) is 6.92 Å². The number of likely N-dealkylation sites (tertiary alicyclic amines) is 1. The van der Waals surface area contributed by atoms with Gasteiger partial charge in [-0.2, -0.15) is 0 Å². The van der Waals surface area contributed by atoms with Crippen molar-refractivity contribution in [3.63, 3.8) is 0 Å². The Kier molecular flexibility index (Phi) is 8.21. The number of hydrogen-bond acceptors (Lipinski definition) is 9. The van der Waals surface area contributed by atoms with Crippen molar-refractivity contribution in [3.8, 4) is 17.5 Å². The quantitative estimate of drug-likeness (QED) is 0.560. The summed E-state index contributed by atoms with van der Waals surface area (Å²) in [6.07, 6.45) is 3.79. The minimum Gasteiger partial charge on any atom is -0.474 e. The number of Topliss-reactive ketones (excluding diaryl/α,β-unsaturated/α-hetero) is 1. The number of rotatable bonds is 9. The van der Waals surface area contributed by atoms with Gasteiger partial charge in [-0.1, -0.05) is 6.92 Å². The minimum absolute atomic E-state index is 0.00537. The second kappa shape index (κ2) is 10.7. The van der Waals surface area contributed by atoms with Crippen LogP contribution in [0.2, 0.25) is 0 Å². The van der Waals surface area contributed by atoms with Gasteiger partial charge in [0.15, 0.2) is 21.4 Å². The Morgan fingerprint density at radius 2 is 1.91 bits per heavy atom. The average Bonchev–Trinajstić information content (AvgIpc) is 2.77. The number of piperidine rings is 1.